The number of aryl methyl sites for hydroxylation is 1. The van der Waals surface area contributed by atoms with Crippen LogP contribution in [0.2, 0.25) is 0 Å². The van der Waals surface area contributed by atoms with Crippen LogP contribution in [0.4, 0.5) is 10.1 Å². The van der Waals surface area contributed by atoms with Gasteiger partial charge in [0.25, 0.3) is 5.56 Å². The predicted molar refractivity (Wildman–Crippen MR) is 115 cm³/mol. The summed E-state index contributed by atoms with van der Waals surface area (Å²) < 4.78 is 22.7. The zero-order valence-electron chi connectivity index (χ0n) is 17.9. The molecule has 9 heteroatoms. The highest BCUT2D eigenvalue weighted by atomic mass is 19.1. The van der Waals surface area contributed by atoms with Gasteiger partial charge in [-0.15, -0.1) is 0 Å². The van der Waals surface area contributed by atoms with Crippen molar-refractivity contribution >= 4 is 16.6 Å². The highest BCUT2D eigenvalue weighted by molar-refractivity contribution is 5.87. The van der Waals surface area contributed by atoms with Gasteiger partial charge in [-0.2, -0.15) is 4.68 Å². The van der Waals surface area contributed by atoms with Gasteiger partial charge in [0.2, 0.25) is 0 Å². The molecule has 2 aromatic rings. The first-order valence-electron chi connectivity index (χ1n) is 10.3. The van der Waals surface area contributed by atoms with Gasteiger partial charge in [-0.1, -0.05) is 13.8 Å². The Hall–Kier alpha value is -2.39. The zero-order chi connectivity index (χ0) is 22.0. The summed E-state index contributed by atoms with van der Waals surface area (Å²) in [7, 11) is 1.62. The van der Waals surface area contributed by atoms with Crippen molar-refractivity contribution in [3.05, 3.63) is 38.3 Å². The number of rotatable bonds is 5. The van der Waals surface area contributed by atoms with E-state index in [9.17, 15) is 9.59 Å². The summed E-state index contributed by atoms with van der Waals surface area (Å²) in [5.41, 5.74) is 6.45. The molecule has 2 atom stereocenters. The molecule has 0 spiro atoms. The average Bonchev–Trinajstić information content (AvgIpc) is 3.44. The maximum Gasteiger partial charge on any atom is 0.350 e. The number of halogens is 1. The Balaban J connectivity index is 1.89. The first-order valence-corrected chi connectivity index (χ1v) is 10.3. The van der Waals surface area contributed by atoms with Crippen LogP contribution in [0.5, 0.6) is 0 Å². The molecule has 2 fully saturated rings. The molecule has 0 radical (unpaired) electrons. The van der Waals surface area contributed by atoms with Crippen molar-refractivity contribution < 1.29 is 9.13 Å². The second-order valence-electron chi connectivity index (χ2n) is 9.38. The Labute approximate surface area is 174 Å². The summed E-state index contributed by atoms with van der Waals surface area (Å²) in [5.74, 6) is 5.32. The van der Waals surface area contributed by atoms with E-state index in [4.69, 9.17) is 16.3 Å². The molecule has 2 aliphatic rings. The quantitative estimate of drug-likeness (QED) is 0.703. The largest absolute Gasteiger partial charge is 0.383 e. The minimum atomic E-state index is -0.679. The van der Waals surface area contributed by atoms with Crippen molar-refractivity contribution in [1.82, 2.24) is 9.24 Å². The summed E-state index contributed by atoms with van der Waals surface area (Å²) in [6.07, 6.45) is 1.67. The summed E-state index contributed by atoms with van der Waals surface area (Å²) in [6, 6.07) is 1.04. The van der Waals surface area contributed by atoms with Crippen molar-refractivity contribution in [2.24, 2.45) is 17.1 Å². The summed E-state index contributed by atoms with van der Waals surface area (Å²) >= 11 is 0. The number of ether oxygens (including phenoxy) is 1. The lowest BCUT2D eigenvalue weighted by Gasteiger charge is -2.29. The lowest BCUT2D eigenvalue weighted by molar-refractivity contribution is 0.130. The summed E-state index contributed by atoms with van der Waals surface area (Å²) in [5, 5.41) is 0.133. The molecule has 0 bridgehead atoms. The van der Waals surface area contributed by atoms with Crippen molar-refractivity contribution in [3.8, 4) is 0 Å². The van der Waals surface area contributed by atoms with Gasteiger partial charge in [0.15, 0.2) is 0 Å². The molecular weight excluding hydrogens is 389 g/mol. The molecule has 164 valence electrons. The average molecular weight is 420 g/mol. The number of nitrogens with two attached hydrogens (primary N) is 2. The van der Waals surface area contributed by atoms with Crippen LogP contribution < -0.4 is 27.7 Å². The predicted octanol–water partition coefficient (Wildman–Crippen LogP) is 1.10. The number of methoxy groups -OCH3 is 1. The van der Waals surface area contributed by atoms with E-state index in [1.807, 2.05) is 4.90 Å². The standard InChI is InChI=1S/C21H30FN5O3/c1-11-17-13(19(28)27(24)20(29)26(17)12-5-6-12)7-15(22)18(11)25-8-14(16(23)9-30-4)21(2,3)10-25/h7,12,14,16H,5-6,8-10,23-24H2,1-4H3/t14-,16-/m1/s1. The van der Waals surface area contributed by atoms with Gasteiger partial charge < -0.3 is 21.2 Å². The molecule has 4 N–H and O–H groups in total. The first kappa shape index (κ1) is 20.9. The van der Waals surface area contributed by atoms with Crippen LogP contribution >= 0.6 is 0 Å². The van der Waals surface area contributed by atoms with Gasteiger partial charge in [0.05, 0.1) is 23.2 Å². The number of aromatic nitrogens is 2. The van der Waals surface area contributed by atoms with E-state index in [0.717, 1.165) is 12.8 Å². The molecule has 4 rings (SSSR count). The molecule has 8 nitrogen and oxygen atoms in total. The maximum absolute atomic E-state index is 15.3. The van der Waals surface area contributed by atoms with E-state index in [0.29, 0.717) is 41.1 Å². The second-order valence-corrected chi connectivity index (χ2v) is 9.38. The van der Waals surface area contributed by atoms with E-state index in [-0.39, 0.29) is 28.8 Å². The Kier molecular flexibility index (Phi) is 4.93. The minimum Gasteiger partial charge on any atom is -0.383 e. The van der Waals surface area contributed by atoms with Gasteiger partial charge in [-0.25, -0.2) is 9.18 Å². The second kappa shape index (κ2) is 7.09. The fourth-order valence-electron chi connectivity index (χ4n) is 5.07. The van der Waals surface area contributed by atoms with Crippen LogP contribution in [-0.4, -0.2) is 42.1 Å². The number of nitrogens with zero attached hydrogens (tertiary/aromatic N) is 3. The molecule has 0 amide bonds. The number of hydrogen-bond donors (Lipinski definition) is 2. The van der Waals surface area contributed by atoms with Crippen molar-refractivity contribution in [2.75, 3.05) is 37.5 Å². The lowest BCUT2D eigenvalue weighted by Crippen LogP contribution is -2.44. The third-order valence-electron chi connectivity index (χ3n) is 6.69. The van der Waals surface area contributed by atoms with Crippen molar-refractivity contribution in [3.63, 3.8) is 0 Å². The topological polar surface area (TPSA) is 109 Å². The molecule has 1 saturated heterocycles. The molecule has 1 aromatic heterocycles. The number of nitrogen functional groups attached to an aromatic ring is 1. The van der Waals surface area contributed by atoms with Crippen LogP contribution in [0.1, 0.15) is 38.3 Å². The summed E-state index contributed by atoms with van der Waals surface area (Å²) in [6.45, 7) is 7.62. The third-order valence-corrected chi connectivity index (χ3v) is 6.69. The Morgan fingerprint density at radius 2 is 2.00 bits per heavy atom. The SMILES string of the molecule is COC[C@@H](N)[C@H]1CN(c2c(F)cc3c(=O)n(N)c(=O)n(C4CC4)c3c2C)CC1(C)C. The van der Waals surface area contributed by atoms with Crippen LogP contribution in [0.15, 0.2) is 15.7 Å². The Bertz CT molecular complexity index is 1120. The van der Waals surface area contributed by atoms with Gasteiger partial charge in [0.1, 0.15) is 5.82 Å². The maximum atomic E-state index is 15.3. The smallest absolute Gasteiger partial charge is 0.350 e. The molecule has 1 aliphatic heterocycles. The third kappa shape index (κ3) is 3.11. The molecule has 30 heavy (non-hydrogen) atoms. The van der Waals surface area contributed by atoms with Crippen molar-refractivity contribution in [1.29, 1.82) is 0 Å². The normalized spacial score (nSPS) is 22.1. The van der Waals surface area contributed by atoms with Crippen LogP contribution in [0.25, 0.3) is 10.9 Å². The molecular formula is C21H30FN5O3. The van der Waals surface area contributed by atoms with E-state index >= 15 is 4.39 Å². The van der Waals surface area contributed by atoms with Gasteiger partial charge in [0, 0.05) is 43.8 Å². The van der Waals surface area contributed by atoms with Gasteiger partial charge in [-0.3, -0.25) is 9.36 Å². The van der Waals surface area contributed by atoms with E-state index in [1.54, 1.807) is 18.6 Å². The number of hydrogen-bond acceptors (Lipinski definition) is 6. The number of benzene rings is 1. The van der Waals surface area contributed by atoms with Crippen LogP contribution in [0, 0.1) is 24.1 Å². The van der Waals surface area contributed by atoms with E-state index in [1.165, 1.54) is 6.07 Å². The first-order chi connectivity index (χ1) is 14.1. The monoisotopic (exact) mass is 419 g/mol. The van der Waals surface area contributed by atoms with Gasteiger partial charge >= 0.3 is 5.69 Å². The fraction of sp³-hybridized carbons (Fsp3) is 0.619. The minimum absolute atomic E-state index is 0.00898. The van der Waals surface area contributed by atoms with E-state index in [2.05, 4.69) is 13.8 Å². The molecule has 1 saturated carbocycles. The Morgan fingerprint density at radius 1 is 1.33 bits per heavy atom. The molecule has 1 aromatic carbocycles. The highest BCUT2D eigenvalue weighted by Crippen LogP contribution is 2.43. The fourth-order valence-corrected chi connectivity index (χ4v) is 5.07. The Morgan fingerprint density at radius 3 is 2.60 bits per heavy atom. The zero-order valence-corrected chi connectivity index (χ0v) is 17.9. The van der Waals surface area contributed by atoms with Crippen molar-refractivity contribution in [2.45, 2.75) is 45.7 Å². The van der Waals surface area contributed by atoms with Crippen LogP contribution in [-0.2, 0) is 4.74 Å². The van der Waals surface area contributed by atoms with Crippen LogP contribution in [0.3, 0.4) is 0 Å². The molecule has 0 unspecified atom stereocenters. The van der Waals surface area contributed by atoms with E-state index < -0.39 is 17.1 Å². The summed E-state index contributed by atoms with van der Waals surface area (Å²) in [4.78, 5) is 27.3. The lowest BCUT2D eigenvalue weighted by atomic mass is 9.78. The number of fused-ring (bicyclic) bond motifs is 1. The molecule has 1 aliphatic carbocycles. The highest BCUT2D eigenvalue weighted by Gasteiger charge is 2.44. The number of anilines is 1. The molecule has 2 heterocycles. The van der Waals surface area contributed by atoms with Gasteiger partial charge in [-0.05, 0) is 31.2 Å².